The maximum atomic E-state index is 5.40. The number of hydrogen-bond acceptors (Lipinski definition) is 1. The van der Waals surface area contributed by atoms with E-state index < -0.39 is 9.04 Å². The van der Waals surface area contributed by atoms with Crippen molar-refractivity contribution in [2.75, 3.05) is 18.1 Å². The van der Waals surface area contributed by atoms with Gasteiger partial charge in [0, 0.05) is 18.1 Å². The topological polar surface area (TPSA) is 9.23 Å². The van der Waals surface area contributed by atoms with Crippen molar-refractivity contribution in [3.8, 4) is 0 Å². The first-order chi connectivity index (χ1) is 3.35. The Morgan fingerprint density at radius 3 is 1.86 bits per heavy atom. The summed E-state index contributed by atoms with van der Waals surface area (Å²) >= 11 is 10.8. The predicted octanol–water partition coefficient (Wildman–Crippen LogP) is 1.18. The Balaban J connectivity index is 2.99. The molecule has 43 valence electrons. The molecule has 0 saturated heterocycles. The summed E-state index contributed by atoms with van der Waals surface area (Å²) < 4.78 is 4.89. The molecule has 1 radical (unpaired) electrons. The molecule has 0 aliphatic rings. The molecular formula is C3H7Cl2OSi. The zero-order valence-corrected chi connectivity index (χ0v) is 6.59. The average molecular weight is 158 g/mol. The maximum Gasteiger partial charge on any atom is 0.241 e. The predicted molar refractivity (Wildman–Crippen MR) is 34.2 cm³/mol. The van der Waals surface area contributed by atoms with Crippen LogP contribution in [0.2, 0.25) is 0 Å². The Morgan fingerprint density at radius 2 is 1.86 bits per heavy atom. The molecule has 0 spiro atoms. The highest BCUT2D eigenvalue weighted by atomic mass is 35.5. The van der Waals surface area contributed by atoms with E-state index in [1.807, 2.05) is 0 Å². The van der Waals surface area contributed by atoms with E-state index >= 15 is 0 Å². The number of rotatable bonds is 3. The summed E-state index contributed by atoms with van der Waals surface area (Å²) in [6.07, 6.45) is 0. The largest absolute Gasteiger partial charge is 0.417 e. The Labute approximate surface area is 55.3 Å². The lowest BCUT2D eigenvalue weighted by Gasteiger charge is -2.00. The van der Waals surface area contributed by atoms with Crippen LogP contribution in [-0.4, -0.2) is 27.2 Å². The van der Waals surface area contributed by atoms with Gasteiger partial charge in [-0.15, -0.1) is 23.2 Å². The quantitative estimate of drug-likeness (QED) is 0.442. The highest BCUT2D eigenvalue weighted by Crippen LogP contribution is 1.89. The fourth-order valence-corrected chi connectivity index (χ4v) is 1.95. The van der Waals surface area contributed by atoms with Gasteiger partial charge in [-0.1, -0.05) is 0 Å². The molecule has 0 aliphatic heterocycles. The lowest BCUT2D eigenvalue weighted by atomic mass is 11.8. The van der Waals surface area contributed by atoms with Crippen molar-refractivity contribution in [3.05, 3.63) is 0 Å². The molecular weight excluding hydrogens is 151 g/mol. The van der Waals surface area contributed by atoms with Gasteiger partial charge in [0.05, 0.1) is 0 Å². The van der Waals surface area contributed by atoms with E-state index in [1.54, 1.807) is 7.11 Å². The van der Waals surface area contributed by atoms with Crippen LogP contribution < -0.4 is 0 Å². The molecule has 0 aromatic heterocycles. The van der Waals surface area contributed by atoms with E-state index in [0.717, 1.165) is 0 Å². The van der Waals surface area contributed by atoms with Gasteiger partial charge in [0.15, 0.2) is 0 Å². The molecule has 0 aromatic carbocycles. The van der Waals surface area contributed by atoms with Crippen molar-refractivity contribution in [3.63, 3.8) is 0 Å². The Kier molecular flexibility index (Phi) is 5.44. The van der Waals surface area contributed by atoms with Gasteiger partial charge >= 0.3 is 0 Å². The zero-order valence-electron chi connectivity index (χ0n) is 4.08. The summed E-state index contributed by atoms with van der Waals surface area (Å²) in [7, 11) is 0.806. The second kappa shape index (κ2) is 4.90. The van der Waals surface area contributed by atoms with E-state index in [-0.39, 0.29) is 0 Å². The molecule has 0 atom stereocenters. The SMILES string of the molecule is CO[Si](CCl)CCl. The van der Waals surface area contributed by atoms with E-state index in [1.165, 1.54) is 0 Å². The van der Waals surface area contributed by atoms with E-state index in [4.69, 9.17) is 27.6 Å². The molecule has 4 heteroatoms. The van der Waals surface area contributed by atoms with Gasteiger partial charge in [-0.05, 0) is 0 Å². The van der Waals surface area contributed by atoms with Crippen LogP contribution in [0.1, 0.15) is 0 Å². The highest BCUT2D eigenvalue weighted by Gasteiger charge is 2.05. The second-order valence-electron chi connectivity index (χ2n) is 1.01. The van der Waals surface area contributed by atoms with E-state index in [0.29, 0.717) is 11.0 Å². The minimum absolute atomic E-state index is 0.574. The first kappa shape index (κ1) is 7.76. The van der Waals surface area contributed by atoms with Gasteiger partial charge < -0.3 is 4.43 Å². The number of halogens is 2. The molecule has 0 saturated carbocycles. The maximum absolute atomic E-state index is 5.40. The van der Waals surface area contributed by atoms with Crippen LogP contribution in [0, 0.1) is 0 Å². The lowest BCUT2D eigenvalue weighted by Crippen LogP contribution is -2.20. The van der Waals surface area contributed by atoms with Gasteiger partial charge in [-0.3, -0.25) is 0 Å². The lowest BCUT2D eigenvalue weighted by molar-refractivity contribution is 0.428. The molecule has 7 heavy (non-hydrogen) atoms. The fourth-order valence-electron chi connectivity index (χ4n) is 0.145. The molecule has 0 bridgehead atoms. The van der Waals surface area contributed by atoms with Gasteiger partial charge in [0.1, 0.15) is 0 Å². The summed E-state index contributed by atoms with van der Waals surface area (Å²) in [4.78, 5) is 0. The van der Waals surface area contributed by atoms with Gasteiger partial charge in [-0.2, -0.15) is 0 Å². The Hall–Kier alpha value is 0.757. The molecule has 0 aromatic rings. The molecule has 0 rings (SSSR count). The Bertz CT molecular complexity index is 34.4. The van der Waals surface area contributed by atoms with Crippen LogP contribution in [0.4, 0.5) is 0 Å². The number of hydrogen-bond donors (Lipinski definition) is 0. The van der Waals surface area contributed by atoms with E-state index in [2.05, 4.69) is 0 Å². The van der Waals surface area contributed by atoms with Crippen molar-refractivity contribution < 1.29 is 4.43 Å². The summed E-state index contributed by atoms with van der Waals surface area (Å²) in [6.45, 7) is 0. The van der Waals surface area contributed by atoms with Crippen molar-refractivity contribution in [1.29, 1.82) is 0 Å². The average Bonchev–Trinajstić information content (AvgIpc) is 1.72. The molecule has 1 nitrogen and oxygen atoms in total. The minimum Gasteiger partial charge on any atom is -0.417 e. The number of alkyl halides is 2. The first-order valence-corrected chi connectivity index (χ1v) is 4.75. The van der Waals surface area contributed by atoms with Crippen LogP contribution in [0.15, 0.2) is 0 Å². The third kappa shape index (κ3) is 3.35. The Morgan fingerprint density at radius 1 is 1.43 bits per heavy atom. The van der Waals surface area contributed by atoms with Crippen LogP contribution in [0.5, 0.6) is 0 Å². The first-order valence-electron chi connectivity index (χ1n) is 1.85. The monoisotopic (exact) mass is 157 g/mol. The molecule has 0 fully saturated rings. The summed E-state index contributed by atoms with van der Waals surface area (Å²) in [5.74, 6) is 0. The molecule has 0 aliphatic carbocycles. The van der Waals surface area contributed by atoms with Crippen molar-refractivity contribution in [1.82, 2.24) is 0 Å². The third-order valence-corrected chi connectivity index (χ3v) is 3.55. The second-order valence-corrected chi connectivity index (χ2v) is 4.63. The van der Waals surface area contributed by atoms with E-state index in [9.17, 15) is 0 Å². The van der Waals surface area contributed by atoms with Crippen LogP contribution >= 0.6 is 23.2 Å². The highest BCUT2D eigenvalue weighted by molar-refractivity contribution is 6.68. The standard InChI is InChI=1S/C3H7Cl2OSi/c1-6-7(2-4)3-5/h2-3H2,1H3. The fraction of sp³-hybridized carbons (Fsp3) is 1.00. The van der Waals surface area contributed by atoms with Gasteiger partial charge in [0.2, 0.25) is 9.04 Å². The molecule has 0 unspecified atom stereocenters. The third-order valence-electron chi connectivity index (χ3n) is 0.587. The summed E-state index contributed by atoms with van der Waals surface area (Å²) in [5, 5.41) is 0. The van der Waals surface area contributed by atoms with Crippen LogP contribution in [0.25, 0.3) is 0 Å². The van der Waals surface area contributed by atoms with Crippen LogP contribution in [-0.2, 0) is 4.43 Å². The smallest absolute Gasteiger partial charge is 0.241 e. The normalized spacial score (nSPS) is 10.3. The van der Waals surface area contributed by atoms with Gasteiger partial charge in [-0.25, -0.2) is 0 Å². The summed E-state index contributed by atoms with van der Waals surface area (Å²) in [5.41, 5.74) is 1.15. The minimum atomic E-state index is -0.832. The molecule has 0 heterocycles. The molecule has 0 N–H and O–H groups in total. The molecule has 0 amide bonds. The van der Waals surface area contributed by atoms with Crippen molar-refractivity contribution in [2.24, 2.45) is 0 Å². The van der Waals surface area contributed by atoms with Crippen LogP contribution in [0.3, 0.4) is 0 Å². The summed E-state index contributed by atoms with van der Waals surface area (Å²) in [6, 6.07) is 0. The van der Waals surface area contributed by atoms with Crippen molar-refractivity contribution >= 4 is 32.2 Å². The zero-order chi connectivity index (χ0) is 5.70. The van der Waals surface area contributed by atoms with Crippen molar-refractivity contribution in [2.45, 2.75) is 0 Å². The van der Waals surface area contributed by atoms with Gasteiger partial charge in [0.25, 0.3) is 0 Å².